The molecule has 0 bridgehead atoms. The Kier molecular flexibility index (Phi) is 7.09. The first kappa shape index (κ1) is 20.0. The molecule has 1 heterocycles. The van der Waals surface area contributed by atoms with Gasteiger partial charge in [0.05, 0.1) is 0 Å². The second-order valence-corrected chi connectivity index (χ2v) is 7.40. The summed E-state index contributed by atoms with van der Waals surface area (Å²) in [5, 5.41) is 5.69. The van der Waals surface area contributed by atoms with E-state index in [1.54, 1.807) is 0 Å². The largest absolute Gasteiger partial charge is 0.369 e. The van der Waals surface area contributed by atoms with Crippen molar-refractivity contribution in [3.8, 4) is 0 Å². The van der Waals surface area contributed by atoms with Crippen molar-refractivity contribution >= 4 is 23.5 Å². The van der Waals surface area contributed by atoms with Crippen molar-refractivity contribution < 1.29 is 4.79 Å². The standard InChI is InChI=1S/C23H30N4O/c1-19(2)24-23(28)25-21-10-12-22(13-11-21)27-17-15-26(16-18-27)14-6-9-20-7-4-3-5-8-20/h3-13,19H,14-18H2,1-2H3,(H2,24,25,28)/b9-6+. The summed E-state index contributed by atoms with van der Waals surface area (Å²) in [5.41, 5.74) is 3.26. The van der Waals surface area contributed by atoms with Gasteiger partial charge in [-0.25, -0.2) is 4.79 Å². The Morgan fingerprint density at radius 2 is 1.68 bits per heavy atom. The lowest BCUT2D eigenvalue weighted by Crippen LogP contribution is -2.46. The molecule has 5 heteroatoms. The van der Waals surface area contributed by atoms with Gasteiger partial charge < -0.3 is 15.5 Å². The summed E-state index contributed by atoms with van der Waals surface area (Å²) >= 11 is 0. The Bertz CT molecular complexity index is 763. The van der Waals surface area contributed by atoms with Crippen molar-refractivity contribution in [2.75, 3.05) is 42.9 Å². The molecule has 0 aliphatic carbocycles. The maximum atomic E-state index is 11.8. The first-order valence-electron chi connectivity index (χ1n) is 9.96. The summed E-state index contributed by atoms with van der Waals surface area (Å²) < 4.78 is 0. The molecule has 0 unspecified atom stereocenters. The van der Waals surface area contributed by atoms with E-state index in [0.29, 0.717) is 0 Å². The van der Waals surface area contributed by atoms with E-state index in [9.17, 15) is 4.79 Å². The van der Waals surface area contributed by atoms with Gasteiger partial charge in [-0.3, -0.25) is 4.90 Å². The van der Waals surface area contributed by atoms with Crippen LogP contribution in [0, 0.1) is 0 Å². The van der Waals surface area contributed by atoms with Gasteiger partial charge in [0.1, 0.15) is 0 Å². The van der Waals surface area contributed by atoms with Crippen LogP contribution in [0.15, 0.2) is 60.7 Å². The van der Waals surface area contributed by atoms with Crippen LogP contribution >= 0.6 is 0 Å². The Morgan fingerprint density at radius 1 is 1.00 bits per heavy atom. The van der Waals surface area contributed by atoms with Gasteiger partial charge in [0.25, 0.3) is 0 Å². The van der Waals surface area contributed by atoms with Crippen LogP contribution in [0.1, 0.15) is 19.4 Å². The Morgan fingerprint density at radius 3 is 2.32 bits per heavy atom. The van der Waals surface area contributed by atoms with Crippen molar-refractivity contribution in [3.63, 3.8) is 0 Å². The summed E-state index contributed by atoms with van der Waals surface area (Å²) in [6.07, 6.45) is 4.43. The molecule has 3 rings (SSSR count). The van der Waals surface area contributed by atoms with Crippen LogP contribution in [-0.2, 0) is 0 Å². The Balaban J connectivity index is 1.44. The number of hydrogen-bond donors (Lipinski definition) is 2. The highest BCUT2D eigenvalue weighted by molar-refractivity contribution is 5.89. The number of anilines is 2. The molecule has 2 aromatic rings. The molecule has 5 nitrogen and oxygen atoms in total. The molecule has 28 heavy (non-hydrogen) atoms. The molecule has 0 aromatic heterocycles. The third-order valence-corrected chi connectivity index (χ3v) is 4.76. The Labute approximate surface area is 168 Å². The van der Waals surface area contributed by atoms with Crippen molar-refractivity contribution in [3.05, 3.63) is 66.2 Å². The molecule has 2 aromatic carbocycles. The molecule has 1 aliphatic rings. The van der Waals surface area contributed by atoms with Gasteiger partial charge in [-0.2, -0.15) is 0 Å². The van der Waals surface area contributed by atoms with E-state index in [0.717, 1.165) is 38.4 Å². The molecule has 0 spiro atoms. The van der Waals surface area contributed by atoms with Gasteiger partial charge in [-0.15, -0.1) is 0 Å². The van der Waals surface area contributed by atoms with E-state index in [2.05, 4.69) is 69.0 Å². The first-order valence-corrected chi connectivity index (χ1v) is 9.96. The number of carbonyl (C=O) groups excluding carboxylic acids is 1. The van der Waals surface area contributed by atoms with E-state index in [-0.39, 0.29) is 12.1 Å². The van der Waals surface area contributed by atoms with E-state index in [1.165, 1.54) is 11.3 Å². The second-order valence-electron chi connectivity index (χ2n) is 7.40. The van der Waals surface area contributed by atoms with Crippen LogP contribution in [0.4, 0.5) is 16.2 Å². The van der Waals surface area contributed by atoms with Crippen LogP contribution in [0.3, 0.4) is 0 Å². The molecule has 0 radical (unpaired) electrons. The predicted molar refractivity (Wildman–Crippen MR) is 118 cm³/mol. The van der Waals surface area contributed by atoms with Crippen molar-refractivity contribution in [2.24, 2.45) is 0 Å². The van der Waals surface area contributed by atoms with E-state index < -0.39 is 0 Å². The second kappa shape index (κ2) is 9.95. The maximum absolute atomic E-state index is 11.8. The Hall–Kier alpha value is -2.79. The lowest BCUT2D eigenvalue weighted by molar-refractivity contribution is 0.250. The molecule has 1 saturated heterocycles. The molecule has 1 aliphatic heterocycles. The zero-order chi connectivity index (χ0) is 19.8. The molecule has 2 amide bonds. The van der Waals surface area contributed by atoms with Crippen LogP contribution in [0.5, 0.6) is 0 Å². The number of nitrogens with zero attached hydrogens (tertiary/aromatic N) is 2. The molecular weight excluding hydrogens is 348 g/mol. The summed E-state index contributed by atoms with van der Waals surface area (Å²) in [7, 11) is 0. The van der Waals surface area contributed by atoms with Gasteiger partial charge in [-0.1, -0.05) is 42.5 Å². The van der Waals surface area contributed by atoms with Crippen LogP contribution in [-0.4, -0.2) is 49.7 Å². The molecular formula is C23H30N4O. The smallest absolute Gasteiger partial charge is 0.319 e. The monoisotopic (exact) mass is 378 g/mol. The normalized spacial score (nSPS) is 15.2. The van der Waals surface area contributed by atoms with Crippen LogP contribution in [0.2, 0.25) is 0 Å². The van der Waals surface area contributed by atoms with Gasteiger partial charge in [0.15, 0.2) is 0 Å². The zero-order valence-electron chi connectivity index (χ0n) is 16.8. The fourth-order valence-electron chi connectivity index (χ4n) is 3.28. The number of urea groups is 1. The number of nitrogens with one attached hydrogen (secondary N) is 2. The number of hydrogen-bond acceptors (Lipinski definition) is 3. The molecule has 0 atom stereocenters. The van der Waals surface area contributed by atoms with Crippen LogP contribution < -0.4 is 15.5 Å². The summed E-state index contributed by atoms with van der Waals surface area (Å²) in [6, 6.07) is 18.5. The summed E-state index contributed by atoms with van der Waals surface area (Å²) in [6.45, 7) is 9.00. The zero-order valence-corrected chi connectivity index (χ0v) is 16.8. The van der Waals surface area contributed by atoms with Crippen LogP contribution in [0.25, 0.3) is 6.08 Å². The molecule has 148 valence electrons. The van der Waals surface area contributed by atoms with Gasteiger partial charge in [0.2, 0.25) is 0 Å². The summed E-state index contributed by atoms with van der Waals surface area (Å²) in [5.74, 6) is 0. The topological polar surface area (TPSA) is 47.6 Å². The minimum Gasteiger partial charge on any atom is -0.369 e. The van der Waals surface area contributed by atoms with Gasteiger partial charge in [0, 0.05) is 50.1 Å². The SMILES string of the molecule is CC(C)NC(=O)Nc1ccc(N2CCN(C/C=C/c3ccccc3)CC2)cc1. The summed E-state index contributed by atoms with van der Waals surface area (Å²) in [4.78, 5) is 16.7. The highest BCUT2D eigenvalue weighted by Crippen LogP contribution is 2.19. The number of carbonyl (C=O) groups is 1. The molecule has 2 N–H and O–H groups in total. The minimum absolute atomic E-state index is 0.123. The number of amides is 2. The number of benzene rings is 2. The van der Waals surface area contributed by atoms with Gasteiger partial charge in [-0.05, 0) is 43.7 Å². The fourth-order valence-corrected chi connectivity index (χ4v) is 3.28. The first-order chi connectivity index (χ1) is 13.6. The average molecular weight is 379 g/mol. The molecule has 0 saturated carbocycles. The highest BCUT2D eigenvalue weighted by atomic mass is 16.2. The minimum atomic E-state index is -0.167. The average Bonchev–Trinajstić information content (AvgIpc) is 2.69. The molecule has 1 fully saturated rings. The predicted octanol–water partition coefficient (Wildman–Crippen LogP) is 4.05. The third-order valence-electron chi connectivity index (χ3n) is 4.76. The van der Waals surface area contributed by atoms with E-state index >= 15 is 0 Å². The fraction of sp³-hybridized carbons (Fsp3) is 0.348. The van der Waals surface area contributed by atoms with E-state index in [1.807, 2.05) is 32.0 Å². The van der Waals surface area contributed by atoms with E-state index in [4.69, 9.17) is 0 Å². The van der Waals surface area contributed by atoms with Crippen molar-refractivity contribution in [1.82, 2.24) is 10.2 Å². The van der Waals surface area contributed by atoms with Crippen molar-refractivity contribution in [2.45, 2.75) is 19.9 Å². The lowest BCUT2D eigenvalue weighted by Gasteiger charge is -2.35. The highest BCUT2D eigenvalue weighted by Gasteiger charge is 2.16. The number of piperazine rings is 1. The third kappa shape index (κ3) is 6.13. The quantitative estimate of drug-likeness (QED) is 0.797. The maximum Gasteiger partial charge on any atom is 0.319 e. The number of rotatable bonds is 6. The van der Waals surface area contributed by atoms with Gasteiger partial charge >= 0.3 is 6.03 Å². The lowest BCUT2D eigenvalue weighted by atomic mass is 10.2. The van der Waals surface area contributed by atoms with Crippen molar-refractivity contribution in [1.29, 1.82) is 0 Å².